The molecule has 2 fully saturated rings. The van der Waals surface area contributed by atoms with Crippen LogP contribution in [0, 0.1) is 19.3 Å². The van der Waals surface area contributed by atoms with Crippen LogP contribution in [0.1, 0.15) is 33.9 Å². The summed E-state index contributed by atoms with van der Waals surface area (Å²) in [5.41, 5.74) is -0.246. The minimum atomic E-state index is -2.84. The summed E-state index contributed by atoms with van der Waals surface area (Å²) in [7, 11) is 0. The molecule has 7 nitrogen and oxygen atoms in total. The quantitative estimate of drug-likeness (QED) is 0.778. The van der Waals surface area contributed by atoms with Crippen molar-refractivity contribution in [2.75, 3.05) is 31.1 Å². The van der Waals surface area contributed by atoms with E-state index >= 15 is 0 Å². The molecule has 1 amide bonds. The second-order valence-corrected chi connectivity index (χ2v) is 8.30. The Hall–Kier alpha value is -2.23. The van der Waals surface area contributed by atoms with Crippen molar-refractivity contribution < 1.29 is 13.6 Å². The van der Waals surface area contributed by atoms with Crippen molar-refractivity contribution in [1.82, 2.24) is 24.7 Å². The first-order valence-electron chi connectivity index (χ1n) is 8.83. The van der Waals surface area contributed by atoms with E-state index in [1.54, 1.807) is 13.0 Å². The average molecular weight is 394 g/mol. The number of nitrogens with zero attached hydrogens (tertiary/aromatic N) is 6. The van der Waals surface area contributed by atoms with Gasteiger partial charge in [0.25, 0.3) is 11.8 Å². The predicted octanol–water partition coefficient (Wildman–Crippen LogP) is 2.32. The monoisotopic (exact) mass is 394 g/mol. The maximum atomic E-state index is 14.9. The van der Waals surface area contributed by atoms with Crippen molar-refractivity contribution in [1.29, 1.82) is 0 Å². The van der Waals surface area contributed by atoms with E-state index in [2.05, 4.69) is 19.8 Å². The molecular weight excluding hydrogens is 374 g/mol. The van der Waals surface area contributed by atoms with Crippen LogP contribution in [0.15, 0.2) is 12.1 Å². The van der Waals surface area contributed by atoms with Gasteiger partial charge in [-0.1, -0.05) is 4.49 Å². The van der Waals surface area contributed by atoms with E-state index in [4.69, 9.17) is 0 Å². The molecule has 1 atom stereocenters. The second-order valence-electron chi connectivity index (χ2n) is 7.34. The fourth-order valence-corrected chi connectivity index (χ4v) is 4.37. The molecule has 144 valence electrons. The van der Waals surface area contributed by atoms with E-state index in [0.29, 0.717) is 23.7 Å². The molecule has 2 aromatic heterocycles. The molecule has 0 N–H and O–H groups in total. The summed E-state index contributed by atoms with van der Waals surface area (Å²) in [5, 5.41) is 12.0. The van der Waals surface area contributed by atoms with Crippen LogP contribution in [0.3, 0.4) is 0 Å². The highest BCUT2D eigenvalue weighted by molar-refractivity contribution is 7.05. The zero-order valence-corrected chi connectivity index (χ0v) is 16.0. The van der Waals surface area contributed by atoms with Crippen LogP contribution in [0.2, 0.25) is 0 Å². The lowest BCUT2D eigenvalue weighted by Crippen LogP contribution is -2.58. The second kappa shape index (κ2) is 6.43. The zero-order valence-electron chi connectivity index (χ0n) is 15.2. The summed E-state index contributed by atoms with van der Waals surface area (Å²) in [5.74, 6) is -2.56. The normalized spacial score (nSPS) is 24.6. The number of piperidine rings is 1. The number of hydrogen-bond donors (Lipinski definition) is 0. The minimum Gasteiger partial charge on any atom is -0.354 e. The number of rotatable bonds is 2. The van der Waals surface area contributed by atoms with Crippen molar-refractivity contribution in [3.63, 3.8) is 0 Å². The maximum absolute atomic E-state index is 14.9. The summed E-state index contributed by atoms with van der Waals surface area (Å²) < 4.78 is 33.7. The molecule has 0 aliphatic carbocycles. The van der Waals surface area contributed by atoms with Crippen LogP contribution in [-0.2, 0) is 0 Å². The van der Waals surface area contributed by atoms with E-state index < -0.39 is 11.3 Å². The predicted molar refractivity (Wildman–Crippen MR) is 96.1 cm³/mol. The fourth-order valence-electron chi connectivity index (χ4n) is 3.91. The Morgan fingerprint density at radius 3 is 2.59 bits per heavy atom. The first kappa shape index (κ1) is 18.1. The Morgan fingerprint density at radius 2 is 1.93 bits per heavy atom. The lowest BCUT2D eigenvalue weighted by atomic mass is 9.75. The molecule has 2 saturated heterocycles. The van der Waals surface area contributed by atoms with Crippen molar-refractivity contribution >= 4 is 23.3 Å². The lowest BCUT2D eigenvalue weighted by Gasteiger charge is -2.45. The summed E-state index contributed by atoms with van der Waals surface area (Å²) in [4.78, 5) is 16.8. The molecule has 4 rings (SSSR count). The number of aryl methyl sites for hydroxylation is 2. The third-order valence-electron chi connectivity index (χ3n) is 5.57. The summed E-state index contributed by atoms with van der Waals surface area (Å²) in [6.07, 6.45) is -0.0452. The fraction of sp³-hybridized carbons (Fsp3) is 0.588. The van der Waals surface area contributed by atoms with Gasteiger partial charge < -0.3 is 9.80 Å². The zero-order chi connectivity index (χ0) is 19.2. The topological polar surface area (TPSA) is 75.1 Å². The van der Waals surface area contributed by atoms with Crippen molar-refractivity contribution in [2.24, 2.45) is 5.41 Å². The summed E-state index contributed by atoms with van der Waals surface area (Å²) >= 11 is 1.14. The van der Waals surface area contributed by atoms with Crippen LogP contribution in [0.5, 0.6) is 0 Å². The van der Waals surface area contributed by atoms with Gasteiger partial charge >= 0.3 is 0 Å². The molecule has 4 heterocycles. The Labute approximate surface area is 159 Å². The van der Waals surface area contributed by atoms with E-state index in [1.807, 2.05) is 17.9 Å². The molecule has 0 saturated carbocycles. The van der Waals surface area contributed by atoms with Crippen LogP contribution in [0.4, 0.5) is 14.6 Å². The average Bonchev–Trinajstić information content (AvgIpc) is 3.25. The van der Waals surface area contributed by atoms with Crippen molar-refractivity contribution in [3.05, 3.63) is 28.4 Å². The molecule has 2 aliphatic heterocycles. The molecular formula is C17H20F2N6OS. The van der Waals surface area contributed by atoms with E-state index in [1.165, 1.54) is 4.90 Å². The van der Waals surface area contributed by atoms with Gasteiger partial charge in [-0.3, -0.25) is 4.79 Å². The molecule has 0 radical (unpaired) electrons. The molecule has 2 aromatic rings. The number of anilines is 1. The molecule has 1 spiro atoms. The van der Waals surface area contributed by atoms with Gasteiger partial charge in [-0.05, 0) is 43.9 Å². The van der Waals surface area contributed by atoms with Gasteiger partial charge in [-0.2, -0.15) is 5.10 Å². The van der Waals surface area contributed by atoms with Gasteiger partial charge in [0.1, 0.15) is 0 Å². The van der Waals surface area contributed by atoms with Crippen LogP contribution in [0.25, 0.3) is 0 Å². The van der Waals surface area contributed by atoms with Crippen LogP contribution < -0.4 is 4.90 Å². The number of carbonyl (C=O) groups excluding carboxylic acids is 1. The van der Waals surface area contributed by atoms with Gasteiger partial charge in [0.2, 0.25) is 0 Å². The highest BCUT2D eigenvalue weighted by atomic mass is 32.1. The minimum absolute atomic E-state index is 0.00555. The Morgan fingerprint density at radius 1 is 1.11 bits per heavy atom. The number of alkyl halides is 2. The highest BCUT2D eigenvalue weighted by Crippen LogP contribution is 2.50. The number of likely N-dealkylation sites (tertiary alicyclic amines) is 1. The molecule has 2 aliphatic rings. The van der Waals surface area contributed by atoms with Gasteiger partial charge in [0.05, 0.1) is 16.0 Å². The smallest absolute Gasteiger partial charge is 0.275 e. The Bertz CT molecular complexity index is 857. The Kier molecular flexibility index (Phi) is 4.32. The highest BCUT2D eigenvalue weighted by Gasteiger charge is 2.60. The first-order chi connectivity index (χ1) is 12.8. The van der Waals surface area contributed by atoms with Crippen LogP contribution >= 0.6 is 11.5 Å². The van der Waals surface area contributed by atoms with Crippen molar-refractivity contribution in [3.8, 4) is 0 Å². The summed E-state index contributed by atoms with van der Waals surface area (Å²) in [6, 6.07) is 3.62. The van der Waals surface area contributed by atoms with E-state index in [0.717, 1.165) is 17.2 Å². The Balaban J connectivity index is 1.57. The van der Waals surface area contributed by atoms with Gasteiger partial charge in [0, 0.05) is 32.6 Å². The van der Waals surface area contributed by atoms with Gasteiger partial charge in [-0.15, -0.1) is 10.2 Å². The van der Waals surface area contributed by atoms with Crippen LogP contribution in [-0.4, -0.2) is 62.7 Å². The van der Waals surface area contributed by atoms with E-state index in [-0.39, 0.29) is 37.7 Å². The maximum Gasteiger partial charge on any atom is 0.275 e. The molecule has 10 heteroatoms. The standard InChI is InChI=1S/C17H20F2N6OS/c1-11-3-4-13(21-20-11)24-7-5-16(9-24)10-25(8-6-17(16,18)19)15(26)14-12(2)27-23-22-14/h3-4H,5-10H2,1-2H3/t16-/m0/s1. The van der Waals surface area contributed by atoms with Gasteiger partial charge in [0.15, 0.2) is 11.5 Å². The molecule has 0 bridgehead atoms. The molecule has 0 unspecified atom stereocenters. The number of halogens is 2. The molecule has 27 heavy (non-hydrogen) atoms. The number of hydrogen-bond acceptors (Lipinski definition) is 7. The number of carbonyl (C=O) groups is 1. The third kappa shape index (κ3) is 3.05. The number of amides is 1. The SMILES string of the molecule is Cc1ccc(N2CC[C@@]3(CN(C(=O)c4nnsc4C)CCC3(F)F)C2)nn1. The largest absolute Gasteiger partial charge is 0.354 e. The summed E-state index contributed by atoms with van der Waals surface area (Å²) in [6.45, 7) is 4.23. The first-order valence-corrected chi connectivity index (χ1v) is 9.60. The molecule has 0 aromatic carbocycles. The lowest BCUT2D eigenvalue weighted by molar-refractivity contribution is -0.150. The van der Waals surface area contributed by atoms with Crippen molar-refractivity contribution in [2.45, 2.75) is 32.6 Å². The third-order valence-corrected chi connectivity index (χ3v) is 6.20. The van der Waals surface area contributed by atoms with E-state index in [9.17, 15) is 13.6 Å². The number of aromatic nitrogens is 4. The van der Waals surface area contributed by atoms with Gasteiger partial charge in [-0.25, -0.2) is 8.78 Å².